The zero-order valence-electron chi connectivity index (χ0n) is 19.6. The summed E-state index contributed by atoms with van der Waals surface area (Å²) in [5.74, 6) is -2.54. The molecule has 0 bridgehead atoms. The van der Waals surface area contributed by atoms with Crippen LogP contribution < -0.4 is 16.0 Å². The molecule has 1 spiro atoms. The third kappa shape index (κ3) is 5.62. The average Bonchev–Trinajstić information content (AvgIpc) is 2.85. The number of hydrogen-bond donors (Lipinski definition) is 4. The van der Waals surface area contributed by atoms with Crippen molar-refractivity contribution < 1.29 is 42.2 Å². The predicted octanol–water partition coefficient (Wildman–Crippen LogP) is 4.40. The van der Waals surface area contributed by atoms with Gasteiger partial charge >= 0.3 is 12.2 Å². The van der Waals surface area contributed by atoms with Gasteiger partial charge in [-0.2, -0.15) is 0 Å². The van der Waals surface area contributed by atoms with E-state index in [0.717, 1.165) is 4.90 Å². The van der Waals surface area contributed by atoms with Gasteiger partial charge in [0, 0.05) is 24.2 Å². The van der Waals surface area contributed by atoms with Crippen LogP contribution in [0.2, 0.25) is 5.02 Å². The normalized spacial score (nSPS) is 19.3. The number of carbonyl (C=O) groups excluding carboxylic acids is 3. The number of rotatable bonds is 6. The number of anilines is 2. The largest absolute Gasteiger partial charge is 0.465 e. The van der Waals surface area contributed by atoms with Crippen LogP contribution in [0.3, 0.4) is 0 Å². The van der Waals surface area contributed by atoms with Crippen molar-refractivity contribution in [2.75, 3.05) is 23.7 Å². The van der Waals surface area contributed by atoms with Crippen LogP contribution in [0.1, 0.15) is 35.2 Å². The summed E-state index contributed by atoms with van der Waals surface area (Å²) in [6.07, 6.45) is -5.72. The van der Waals surface area contributed by atoms with E-state index >= 15 is 4.39 Å². The molecule has 4 amide bonds. The first kappa shape index (κ1) is 27.0. The van der Waals surface area contributed by atoms with E-state index < -0.39 is 54.3 Å². The number of piperidine rings is 1. The summed E-state index contributed by atoms with van der Waals surface area (Å²) in [6, 6.07) is 6.14. The lowest BCUT2D eigenvalue weighted by molar-refractivity contribution is -0.142. The van der Waals surface area contributed by atoms with Crippen molar-refractivity contribution >= 4 is 47.0 Å². The van der Waals surface area contributed by atoms with Gasteiger partial charge in [0.25, 0.3) is 5.91 Å². The number of fused-ring (bicyclic) bond motifs is 2. The minimum Gasteiger partial charge on any atom is -0.465 e. The fourth-order valence-electron chi connectivity index (χ4n) is 4.65. The zero-order chi connectivity index (χ0) is 27.6. The topological polar surface area (TPSA) is 137 Å². The summed E-state index contributed by atoms with van der Waals surface area (Å²) in [5, 5.41) is 15.3. The van der Waals surface area contributed by atoms with Gasteiger partial charge < -0.3 is 20.1 Å². The Morgan fingerprint density at radius 2 is 1.89 bits per heavy atom. The van der Waals surface area contributed by atoms with Crippen LogP contribution in [0.4, 0.5) is 34.1 Å². The molecule has 2 aromatic carbocycles. The Morgan fingerprint density at radius 1 is 1.18 bits per heavy atom. The SMILES string of the molecule is O=C(O)Nc1ccc(C(=O)NC(CC(F)F)C(=O)N2CCC[C@@]3(C2)OC(=O)Nc2ccc(Cl)c(F)c23)cc1. The molecule has 0 aromatic heterocycles. The van der Waals surface area contributed by atoms with Crippen molar-refractivity contribution in [3.63, 3.8) is 0 Å². The minimum atomic E-state index is -2.95. The van der Waals surface area contributed by atoms with Gasteiger partial charge in [-0.3, -0.25) is 20.2 Å². The number of nitrogens with one attached hydrogen (secondary N) is 3. The van der Waals surface area contributed by atoms with Gasteiger partial charge in [0.15, 0.2) is 11.4 Å². The Hall–Kier alpha value is -4.00. The first-order chi connectivity index (χ1) is 18.0. The van der Waals surface area contributed by atoms with E-state index in [1.807, 2.05) is 0 Å². The Kier molecular flexibility index (Phi) is 7.67. The molecule has 4 N–H and O–H groups in total. The van der Waals surface area contributed by atoms with E-state index in [1.165, 1.54) is 36.4 Å². The average molecular weight is 555 g/mol. The van der Waals surface area contributed by atoms with Crippen LogP contribution in [-0.2, 0) is 15.1 Å². The van der Waals surface area contributed by atoms with Crippen molar-refractivity contribution in [2.24, 2.45) is 0 Å². The summed E-state index contributed by atoms with van der Waals surface area (Å²) in [7, 11) is 0. The highest BCUT2D eigenvalue weighted by Gasteiger charge is 2.49. The van der Waals surface area contributed by atoms with Gasteiger partial charge in [-0.15, -0.1) is 0 Å². The molecule has 2 aromatic rings. The molecular weight excluding hydrogens is 533 g/mol. The Balaban J connectivity index is 1.57. The molecule has 38 heavy (non-hydrogen) atoms. The fraction of sp³-hybridized carbons (Fsp3) is 0.333. The van der Waals surface area contributed by atoms with Gasteiger partial charge in [-0.1, -0.05) is 11.6 Å². The highest BCUT2D eigenvalue weighted by Crippen LogP contribution is 2.45. The lowest BCUT2D eigenvalue weighted by Gasteiger charge is -2.45. The Bertz CT molecular complexity index is 1280. The fourth-order valence-corrected chi connectivity index (χ4v) is 4.81. The molecule has 0 saturated carbocycles. The van der Waals surface area contributed by atoms with Crippen LogP contribution in [0.25, 0.3) is 0 Å². The van der Waals surface area contributed by atoms with Crippen molar-refractivity contribution in [3.8, 4) is 0 Å². The monoisotopic (exact) mass is 554 g/mol. The lowest BCUT2D eigenvalue weighted by Crippen LogP contribution is -2.57. The molecule has 10 nitrogen and oxygen atoms in total. The Morgan fingerprint density at radius 3 is 2.55 bits per heavy atom. The highest BCUT2D eigenvalue weighted by atomic mass is 35.5. The molecule has 2 heterocycles. The maximum absolute atomic E-state index is 15.1. The maximum Gasteiger partial charge on any atom is 0.412 e. The van der Waals surface area contributed by atoms with E-state index in [4.69, 9.17) is 21.4 Å². The van der Waals surface area contributed by atoms with Gasteiger partial charge in [-0.25, -0.2) is 22.8 Å². The molecule has 1 unspecified atom stereocenters. The van der Waals surface area contributed by atoms with E-state index in [0.29, 0.717) is 0 Å². The van der Waals surface area contributed by atoms with Crippen molar-refractivity contribution in [2.45, 2.75) is 37.3 Å². The van der Waals surface area contributed by atoms with Crippen LogP contribution >= 0.6 is 11.6 Å². The van der Waals surface area contributed by atoms with E-state index in [-0.39, 0.29) is 53.5 Å². The molecule has 2 aliphatic rings. The summed E-state index contributed by atoms with van der Waals surface area (Å²) in [4.78, 5) is 50.2. The molecule has 4 rings (SSSR count). The van der Waals surface area contributed by atoms with Crippen LogP contribution in [-0.4, -0.2) is 59.6 Å². The third-order valence-electron chi connectivity index (χ3n) is 6.26. The van der Waals surface area contributed by atoms with Crippen LogP contribution in [0, 0.1) is 5.82 Å². The summed E-state index contributed by atoms with van der Waals surface area (Å²) in [6.45, 7) is -0.247. The first-order valence-corrected chi connectivity index (χ1v) is 11.8. The quantitative estimate of drug-likeness (QED) is 0.418. The number of likely N-dealkylation sites (tertiary alicyclic amines) is 1. The predicted molar refractivity (Wildman–Crippen MR) is 129 cm³/mol. The number of ether oxygens (including phenoxy) is 1. The number of amides is 4. The molecule has 14 heteroatoms. The smallest absolute Gasteiger partial charge is 0.412 e. The molecule has 2 aliphatic heterocycles. The molecule has 0 aliphatic carbocycles. The first-order valence-electron chi connectivity index (χ1n) is 11.5. The van der Waals surface area contributed by atoms with Crippen molar-refractivity contribution in [3.05, 3.63) is 58.4 Å². The van der Waals surface area contributed by atoms with E-state index in [1.54, 1.807) is 0 Å². The van der Waals surface area contributed by atoms with Crippen molar-refractivity contribution in [1.29, 1.82) is 0 Å². The molecule has 0 radical (unpaired) electrons. The van der Waals surface area contributed by atoms with Gasteiger partial charge in [0.1, 0.15) is 6.04 Å². The summed E-state index contributed by atoms with van der Waals surface area (Å²) >= 11 is 5.95. The van der Waals surface area contributed by atoms with E-state index in [2.05, 4.69) is 16.0 Å². The molecule has 1 fully saturated rings. The third-order valence-corrected chi connectivity index (χ3v) is 6.55. The lowest BCUT2D eigenvalue weighted by atomic mass is 9.83. The highest BCUT2D eigenvalue weighted by molar-refractivity contribution is 6.31. The van der Waals surface area contributed by atoms with E-state index in [9.17, 15) is 28.0 Å². The number of carbonyl (C=O) groups is 4. The zero-order valence-corrected chi connectivity index (χ0v) is 20.4. The second-order valence-electron chi connectivity index (χ2n) is 8.82. The van der Waals surface area contributed by atoms with Gasteiger partial charge in [0.2, 0.25) is 12.3 Å². The minimum absolute atomic E-state index is 0.000967. The number of hydrogen-bond acceptors (Lipinski definition) is 5. The summed E-state index contributed by atoms with van der Waals surface area (Å²) in [5.41, 5.74) is -1.35. The van der Waals surface area contributed by atoms with Crippen LogP contribution in [0.5, 0.6) is 0 Å². The second kappa shape index (κ2) is 10.8. The number of halogens is 4. The molecular formula is C24H22ClF3N4O6. The molecule has 202 valence electrons. The molecule has 1 saturated heterocycles. The van der Waals surface area contributed by atoms with Crippen molar-refractivity contribution in [1.82, 2.24) is 10.2 Å². The number of nitrogens with zero attached hydrogens (tertiary/aromatic N) is 1. The number of carboxylic acid groups (broad SMARTS) is 1. The van der Waals surface area contributed by atoms with Crippen LogP contribution in [0.15, 0.2) is 36.4 Å². The second-order valence-corrected chi connectivity index (χ2v) is 9.22. The standard InChI is InChI=1S/C24H22ClF3N4O6/c25-14-6-7-15-18(19(14)28)24(38-23(37)31-15)8-1-9-32(11-24)21(34)16(10-17(26)27)30-20(33)12-2-4-13(5-3-12)29-22(35)36/h2-7,16-17,29H,1,8-11H2,(H,30,33)(H,31,37)(H,35,36)/t16?,24-/m0/s1. The maximum atomic E-state index is 15.1. The Labute approximate surface area is 219 Å². The number of alkyl halides is 2. The van der Waals surface area contributed by atoms with Gasteiger partial charge in [0.05, 0.1) is 22.8 Å². The molecule has 2 atom stereocenters. The summed E-state index contributed by atoms with van der Waals surface area (Å²) < 4.78 is 47.4. The number of benzene rings is 2. The van der Waals surface area contributed by atoms with Gasteiger partial charge in [-0.05, 0) is 49.2 Å².